The first kappa shape index (κ1) is 14.5. The van der Waals surface area contributed by atoms with Crippen LogP contribution in [-0.4, -0.2) is 18.5 Å². The zero-order valence-electron chi connectivity index (χ0n) is 11.4. The Labute approximate surface area is 106 Å². The van der Waals surface area contributed by atoms with Crippen LogP contribution in [0.1, 0.15) is 58.8 Å². The Hall–Kier alpha value is -0.570. The average molecular weight is 240 g/mol. The summed E-state index contributed by atoms with van der Waals surface area (Å²) < 4.78 is 0. The Bertz CT molecular complexity index is 222. The van der Waals surface area contributed by atoms with Gasteiger partial charge in [0.2, 0.25) is 5.91 Å². The van der Waals surface area contributed by atoms with Crippen molar-refractivity contribution in [3.05, 3.63) is 0 Å². The lowest BCUT2D eigenvalue weighted by Crippen LogP contribution is -2.39. The highest BCUT2D eigenvalue weighted by Crippen LogP contribution is 2.25. The third-order valence-corrected chi connectivity index (χ3v) is 3.93. The largest absolute Gasteiger partial charge is 0.353 e. The fourth-order valence-corrected chi connectivity index (χ4v) is 2.64. The summed E-state index contributed by atoms with van der Waals surface area (Å²) in [5.41, 5.74) is 5.53. The molecule has 3 nitrogen and oxygen atoms in total. The second kappa shape index (κ2) is 7.70. The smallest absolute Gasteiger partial charge is 0.220 e. The zero-order valence-corrected chi connectivity index (χ0v) is 11.4. The lowest BCUT2D eigenvalue weighted by molar-refractivity contribution is -0.122. The van der Waals surface area contributed by atoms with E-state index in [0.717, 1.165) is 0 Å². The normalized spacial score (nSPS) is 21.6. The van der Waals surface area contributed by atoms with Gasteiger partial charge in [0.05, 0.1) is 0 Å². The Morgan fingerprint density at radius 1 is 1.24 bits per heavy atom. The van der Waals surface area contributed by atoms with Gasteiger partial charge in [0.15, 0.2) is 0 Å². The monoisotopic (exact) mass is 240 g/mol. The zero-order chi connectivity index (χ0) is 12.7. The molecular formula is C14H28N2O. The molecule has 1 aliphatic rings. The van der Waals surface area contributed by atoms with Gasteiger partial charge in [-0.2, -0.15) is 0 Å². The van der Waals surface area contributed by atoms with Gasteiger partial charge in [-0.3, -0.25) is 4.79 Å². The van der Waals surface area contributed by atoms with Gasteiger partial charge in [0.25, 0.3) is 0 Å². The van der Waals surface area contributed by atoms with Crippen LogP contribution in [0, 0.1) is 11.8 Å². The minimum absolute atomic E-state index is 0.166. The summed E-state index contributed by atoms with van der Waals surface area (Å²) in [5, 5.41) is 3.15. The summed E-state index contributed by atoms with van der Waals surface area (Å²) in [6.45, 7) is 4.77. The van der Waals surface area contributed by atoms with Crippen LogP contribution >= 0.6 is 0 Å². The maximum atomic E-state index is 11.8. The van der Waals surface area contributed by atoms with E-state index in [-0.39, 0.29) is 11.8 Å². The maximum Gasteiger partial charge on any atom is 0.220 e. The molecule has 17 heavy (non-hydrogen) atoms. The molecule has 3 N–H and O–H groups in total. The quantitative estimate of drug-likeness (QED) is 0.725. The topological polar surface area (TPSA) is 55.1 Å². The highest BCUT2D eigenvalue weighted by atomic mass is 16.1. The van der Waals surface area contributed by atoms with Gasteiger partial charge >= 0.3 is 0 Å². The summed E-state index contributed by atoms with van der Waals surface area (Å²) >= 11 is 0. The van der Waals surface area contributed by atoms with E-state index in [0.29, 0.717) is 24.9 Å². The fourth-order valence-electron chi connectivity index (χ4n) is 2.64. The first-order chi connectivity index (χ1) is 8.13. The molecule has 2 atom stereocenters. The van der Waals surface area contributed by atoms with Crippen molar-refractivity contribution in [1.29, 1.82) is 0 Å². The van der Waals surface area contributed by atoms with Crippen molar-refractivity contribution in [1.82, 2.24) is 5.32 Å². The molecule has 0 heterocycles. The lowest BCUT2D eigenvalue weighted by atomic mass is 9.92. The number of hydrogen-bond donors (Lipinski definition) is 2. The van der Waals surface area contributed by atoms with Crippen LogP contribution in [0.15, 0.2) is 0 Å². The van der Waals surface area contributed by atoms with Crippen LogP contribution in [0.25, 0.3) is 0 Å². The predicted octanol–water partition coefficient (Wildman–Crippen LogP) is 2.45. The third kappa shape index (κ3) is 5.53. The molecular weight excluding hydrogens is 212 g/mol. The summed E-state index contributed by atoms with van der Waals surface area (Å²) in [5.74, 6) is 1.13. The summed E-state index contributed by atoms with van der Waals surface area (Å²) in [6.07, 6.45) is 8.48. The van der Waals surface area contributed by atoms with Crippen LogP contribution in [0.2, 0.25) is 0 Å². The maximum absolute atomic E-state index is 11.8. The molecule has 0 aromatic carbocycles. The Morgan fingerprint density at radius 2 is 1.82 bits per heavy atom. The highest BCUT2D eigenvalue weighted by molar-refractivity contribution is 5.76. The van der Waals surface area contributed by atoms with Crippen LogP contribution in [0.5, 0.6) is 0 Å². The number of carbonyl (C=O) groups is 1. The predicted molar refractivity (Wildman–Crippen MR) is 71.6 cm³/mol. The molecule has 1 rings (SSSR count). The van der Waals surface area contributed by atoms with E-state index < -0.39 is 0 Å². The van der Waals surface area contributed by atoms with Gasteiger partial charge in [-0.1, -0.05) is 32.6 Å². The molecule has 0 aliphatic heterocycles. The molecule has 1 aliphatic carbocycles. The first-order valence-corrected chi connectivity index (χ1v) is 7.13. The van der Waals surface area contributed by atoms with Gasteiger partial charge in [0.1, 0.15) is 0 Å². The van der Waals surface area contributed by atoms with Crippen molar-refractivity contribution < 1.29 is 4.79 Å². The van der Waals surface area contributed by atoms with E-state index >= 15 is 0 Å². The van der Waals surface area contributed by atoms with Crippen molar-refractivity contribution in [3.63, 3.8) is 0 Å². The molecule has 1 fully saturated rings. The number of hydrogen-bond acceptors (Lipinski definition) is 2. The molecule has 0 saturated heterocycles. The van der Waals surface area contributed by atoms with Crippen molar-refractivity contribution in [2.24, 2.45) is 17.6 Å². The van der Waals surface area contributed by atoms with Crippen LogP contribution in [0.4, 0.5) is 0 Å². The number of rotatable bonds is 5. The highest BCUT2D eigenvalue weighted by Gasteiger charge is 2.20. The second-order valence-corrected chi connectivity index (χ2v) is 5.65. The molecule has 1 unspecified atom stereocenters. The van der Waals surface area contributed by atoms with Gasteiger partial charge < -0.3 is 11.1 Å². The van der Waals surface area contributed by atoms with Gasteiger partial charge in [0, 0.05) is 12.5 Å². The Kier molecular flexibility index (Phi) is 6.56. The van der Waals surface area contributed by atoms with Crippen LogP contribution in [0.3, 0.4) is 0 Å². The van der Waals surface area contributed by atoms with Crippen LogP contribution < -0.4 is 11.1 Å². The summed E-state index contributed by atoms with van der Waals surface area (Å²) in [6, 6.07) is 0.325. The minimum Gasteiger partial charge on any atom is -0.353 e. The Morgan fingerprint density at radius 3 is 2.35 bits per heavy atom. The first-order valence-electron chi connectivity index (χ1n) is 7.13. The summed E-state index contributed by atoms with van der Waals surface area (Å²) in [4.78, 5) is 11.8. The number of nitrogens with one attached hydrogen (secondary N) is 1. The Balaban J connectivity index is 2.31. The van der Waals surface area contributed by atoms with E-state index in [1.165, 1.54) is 38.5 Å². The lowest BCUT2D eigenvalue weighted by Gasteiger charge is -2.24. The molecule has 1 amide bonds. The molecule has 1 saturated carbocycles. The van der Waals surface area contributed by atoms with E-state index in [1.54, 1.807) is 0 Å². The SMILES string of the molecule is CC(CN)CC(=O)N[C@@H](C)C1CCCCCC1. The number of nitrogens with two attached hydrogens (primary N) is 1. The standard InChI is InChI=1S/C14H28N2O/c1-11(10-15)9-14(17)16-12(2)13-7-5-3-4-6-8-13/h11-13H,3-10,15H2,1-2H3,(H,16,17)/t11?,12-/m0/s1. The number of amides is 1. The van der Waals surface area contributed by atoms with Gasteiger partial charge in [-0.25, -0.2) is 0 Å². The molecule has 3 heteroatoms. The van der Waals surface area contributed by atoms with E-state index in [4.69, 9.17) is 5.73 Å². The third-order valence-electron chi connectivity index (χ3n) is 3.93. The molecule has 0 aromatic rings. The fraction of sp³-hybridized carbons (Fsp3) is 0.929. The van der Waals surface area contributed by atoms with Gasteiger partial charge in [-0.15, -0.1) is 0 Å². The van der Waals surface area contributed by atoms with Crippen molar-refractivity contribution in [2.75, 3.05) is 6.54 Å². The van der Waals surface area contributed by atoms with Crippen molar-refractivity contribution in [2.45, 2.75) is 64.8 Å². The molecule has 0 spiro atoms. The van der Waals surface area contributed by atoms with E-state index in [9.17, 15) is 4.79 Å². The van der Waals surface area contributed by atoms with Crippen molar-refractivity contribution in [3.8, 4) is 0 Å². The molecule has 0 radical (unpaired) electrons. The average Bonchev–Trinajstić information content (AvgIpc) is 2.57. The molecule has 0 bridgehead atoms. The minimum atomic E-state index is 0.166. The van der Waals surface area contributed by atoms with E-state index in [1.807, 2.05) is 6.92 Å². The molecule has 100 valence electrons. The number of carbonyl (C=O) groups excluding carboxylic acids is 1. The van der Waals surface area contributed by atoms with E-state index in [2.05, 4.69) is 12.2 Å². The van der Waals surface area contributed by atoms with Crippen LogP contribution in [-0.2, 0) is 4.79 Å². The second-order valence-electron chi connectivity index (χ2n) is 5.65. The van der Waals surface area contributed by atoms with Crippen molar-refractivity contribution >= 4 is 5.91 Å². The summed E-state index contributed by atoms with van der Waals surface area (Å²) in [7, 11) is 0. The molecule has 0 aromatic heterocycles. The van der Waals surface area contributed by atoms with Gasteiger partial charge in [-0.05, 0) is 38.1 Å².